The summed E-state index contributed by atoms with van der Waals surface area (Å²) in [5.74, 6) is 1.10. The second-order valence-corrected chi connectivity index (χ2v) is 7.27. The number of aromatic nitrogens is 3. The first-order chi connectivity index (χ1) is 15.0. The number of hydrogen-bond acceptors (Lipinski definition) is 4. The zero-order chi connectivity index (χ0) is 21.8. The van der Waals surface area contributed by atoms with Crippen LogP contribution in [0.2, 0.25) is 0 Å². The van der Waals surface area contributed by atoms with Crippen molar-refractivity contribution >= 4 is 5.70 Å². The molecule has 31 heavy (non-hydrogen) atoms. The minimum absolute atomic E-state index is 0. The predicted molar refractivity (Wildman–Crippen MR) is 122 cm³/mol. The van der Waals surface area contributed by atoms with E-state index in [2.05, 4.69) is 21.9 Å². The van der Waals surface area contributed by atoms with E-state index in [1.54, 1.807) is 12.3 Å². The van der Waals surface area contributed by atoms with Gasteiger partial charge < -0.3 is 14.6 Å². The normalized spacial score (nSPS) is 10.7. The molecule has 0 amide bonds. The van der Waals surface area contributed by atoms with Gasteiger partial charge in [0.25, 0.3) is 0 Å². The Kier molecular flexibility index (Phi) is 5.80. The molecule has 0 aliphatic heterocycles. The Balaban J connectivity index is 0.00000289. The van der Waals surface area contributed by atoms with Crippen molar-refractivity contribution in [3.63, 3.8) is 0 Å². The molecule has 5 nitrogen and oxygen atoms in total. The van der Waals surface area contributed by atoms with E-state index in [0.29, 0.717) is 12.3 Å². The van der Waals surface area contributed by atoms with Crippen LogP contribution >= 0.6 is 0 Å². The summed E-state index contributed by atoms with van der Waals surface area (Å²) in [7, 11) is 1.98. The molecule has 1 aromatic carbocycles. The van der Waals surface area contributed by atoms with Crippen molar-refractivity contribution in [2.24, 2.45) is 7.05 Å². The third-order valence-electron chi connectivity index (χ3n) is 4.97. The van der Waals surface area contributed by atoms with Gasteiger partial charge in [-0.3, -0.25) is 9.97 Å². The lowest BCUT2D eigenvalue weighted by Crippen LogP contribution is -2.13. The number of pyridine rings is 2. The fraction of sp³-hybridized carbons (Fsp3) is 0.120. The van der Waals surface area contributed by atoms with Crippen molar-refractivity contribution in [3.05, 3.63) is 103 Å². The molecule has 0 fully saturated rings. The minimum Gasteiger partial charge on any atom is -0.457 e. The standard InChI is InChI=1S/C25H23FN4O.H2/c1-17-23(18(2)28-15-21-8-7-20(26)14-29-21)5-4-6-25(17)31-22-9-11-27-24(13-22)19-10-12-30(3)16-19;/h4-14,16,28H,2,15H2,1,3H3;1H. The topological polar surface area (TPSA) is 52.0 Å². The van der Waals surface area contributed by atoms with Crippen molar-refractivity contribution in [2.45, 2.75) is 13.5 Å². The Hall–Kier alpha value is -3.93. The van der Waals surface area contributed by atoms with Crippen molar-refractivity contribution < 1.29 is 10.6 Å². The van der Waals surface area contributed by atoms with E-state index in [1.807, 2.05) is 67.3 Å². The number of halogens is 1. The SMILES string of the molecule is C=C(NCc1ccc(F)cn1)c1cccc(Oc2ccnc(-c3ccn(C)c3)c2)c1C.[HH]. The van der Waals surface area contributed by atoms with Crippen LogP contribution in [0, 0.1) is 12.7 Å². The van der Waals surface area contributed by atoms with Gasteiger partial charge in [0.05, 0.1) is 24.1 Å². The summed E-state index contributed by atoms with van der Waals surface area (Å²) in [5, 5.41) is 3.25. The lowest BCUT2D eigenvalue weighted by Gasteiger charge is -2.16. The summed E-state index contributed by atoms with van der Waals surface area (Å²) in [6, 6.07) is 14.7. The number of benzene rings is 1. The molecule has 1 N–H and O–H groups in total. The Morgan fingerprint density at radius 2 is 2.06 bits per heavy atom. The monoisotopic (exact) mass is 416 g/mol. The summed E-state index contributed by atoms with van der Waals surface area (Å²) in [6.07, 6.45) is 6.95. The fourth-order valence-corrected chi connectivity index (χ4v) is 3.27. The van der Waals surface area contributed by atoms with E-state index in [4.69, 9.17) is 4.74 Å². The first-order valence-corrected chi connectivity index (χ1v) is 9.89. The first kappa shape index (κ1) is 20.3. The van der Waals surface area contributed by atoms with E-state index >= 15 is 0 Å². The van der Waals surface area contributed by atoms with Crippen LogP contribution in [0.15, 0.2) is 79.9 Å². The van der Waals surface area contributed by atoms with Crippen LogP contribution in [0.25, 0.3) is 17.0 Å². The molecular weight excluding hydrogens is 391 g/mol. The lowest BCUT2D eigenvalue weighted by atomic mass is 10.1. The molecule has 0 spiro atoms. The molecule has 3 heterocycles. The Labute approximate surface area is 182 Å². The van der Waals surface area contributed by atoms with Crippen LogP contribution < -0.4 is 10.1 Å². The Bertz CT molecular complexity index is 1220. The molecule has 6 heteroatoms. The fourth-order valence-electron chi connectivity index (χ4n) is 3.27. The number of nitrogens with one attached hydrogen (secondary N) is 1. The molecule has 0 saturated heterocycles. The van der Waals surface area contributed by atoms with Crippen molar-refractivity contribution in [2.75, 3.05) is 0 Å². The highest BCUT2D eigenvalue weighted by Crippen LogP contribution is 2.31. The third-order valence-corrected chi connectivity index (χ3v) is 4.97. The quantitative estimate of drug-likeness (QED) is 0.418. The van der Waals surface area contributed by atoms with E-state index < -0.39 is 0 Å². The molecule has 0 saturated carbocycles. The predicted octanol–water partition coefficient (Wildman–Crippen LogP) is 5.73. The molecule has 0 radical (unpaired) electrons. The number of ether oxygens (including phenoxy) is 1. The zero-order valence-electron chi connectivity index (χ0n) is 17.5. The molecule has 0 bridgehead atoms. The maximum atomic E-state index is 13.0. The smallest absolute Gasteiger partial charge is 0.141 e. The van der Waals surface area contributed by atoms with Gasteiger partial charge in [0.1, 0.15) is 17.3 Å². The second kappa shape index (κ2) is 8.83. The maximum absolute atomic E-state index is 13.0. The number of aryl methyl sites for hydroxylation is 1. The number of rotatable bonds is 7. The average molecular weight is 417 g/mol. The van der Waals surface area contributed by atoms with E-state index in [1.165, 1.54) is 12.3 Å². The van der Waals surface area contributed by atoms with Crippen LogP contribution in [0.4, 0.5) is 4.39 Å². The molecule has 0 unspecified atom stereocenters. The van der Waals surface area contributed by atoms with Gasteiger partial charge in [0.2, 0.25) is 0 Å². The van der Waals surface area contributed by atoms with Crippen LogP contribution in [-0.4, -0.2) is 14.5 Å². The second-order valence-electron chi connectivity index (χ2n) is 7.27. The largest absolute Gasteiger partial charge is 0.457 e. The van der Waals surface area contributed by atoms with Gasteiger partial charge in [-0.1, -0.05) is 18.7 Å². The van der Waals surface area contributed by atoms with Crippen molar-refractivity contribution in [3.8, 4) is 22.8 Å². The van der Waals surface area contributed by atoms with Gasteiger partial charge in [0, 0.05) is 55.5 Å². The van der Waals surface area contributed by atoms with E-state index in [0.717, 1.165) is 39.5 Å². The lowest BCUT2D eigenvalue weighted by molar-refractivity contribution is 0.478. The summed E-state index contributed by atoms with van der Waals surface area (Å²) < 4.78 is 21.2. The number of nitrogens with zero attached hydrogens (tertiary/aromatic N) is 3. The van der Waals surface area contributed by atoms with Gasteiger partial charge in [0.15, 0.2) is 0 Å². The highest BCUT2D eigenvalue weighted by atomic mass is 19.1. The van der Waals surface area contributed by atoms with E-state index in [9.17, 15) is 4.39 Å². The number of hydrogen-bond donors (Lipinski definition) is 1. The summed E-state index contributed by atoms with van der Waals surface area (Å²) in [5.41, 5.74) is 5.27. The first-order valence-electron chi connectivity index (χ1n) is 9.89. The summed E-state index contributed by atoms with van der Waals surface area (Å²) in [6.45, 7) is 6.59. The molecular formula is C25H25FN4O. The van der Waals surface area contributed by atoms with Gasteiger partial charge in [-0.25, -0.2) is 4.39 Å². The van der Waals surface area contributed by atoms with Crippen molar-refractivity contribution in [1.29, 1.82) is 0 Å². The summed E-state index contributed by atoms with van der Waals surface area (Å²) in [4.78, 5) is 8.51. The van der Waals surface area contributed by atoms with E-state index in [-0.39, 0.29) is 7.24 Å². The molecule has 0 atom stereocenters. The Morgan fingerprint density at radius 3 is 2.81 bits per heavy atom. The van der Waals surface area contributed by atoms with Crippen molar-refractivity contribution in [1.82, 2.24) is 19.9 Å². The summed E-state index contributed by atoms with van der Waals surface area (Å²) >= 11 is 0. The molecule has 0 aliphatic carbocycles. The van der Waals surface area contributed by atoms with Gasteiger partial charge in [-0.15, -0.1) is 0 Å². The Morgan fingerprint density at radius 1 is 1.19 bits per heavy atom. The highest BCUT2D eigenvalue weighted by Gasteiger charge is 2.10. The molecule has 0 aliphatic rings. The molecule has 158 valence electrons. The van der Waals surface area contributed by atoms with Crippen LogP contribution in [0.1, 0.15) is 18.2 Å². The van der Waals surface area contributed by atoms with Crippen LogP contribution in [-0.2, 0) is 13.6 Å². The maximum Gasteiger partial charge on any atom is 0.141 e. The zero-order valence-corrected chi connectivity index (χ0v) is 17.5. The van der Waals surface area contributed by atoms with Gasteiger partial charge in [-0.05, 0) is 37.3 Å². The van der Waals surface area contributed by atoms with Crippen LogP contribution in [0.3, 0.4) is 0 Å². The minimum atomic E-state index is -0.352. The van der Waals surface area contributed by atoms with Gasteiger partial charge >= 0.3 is 0 Å². The molecule has 4 rings (SSSR count). The van der Waals surface area contributed by atoms with Gasteiger partial charge in [-0.2, -0.15) is 0 Å². The molecule has 3 aromatic heterocycles. The van der Waals surface area contributed by atoms with Crippen LogP contribution in [0.5, 0.6) is 11.5 Å². The average Bonchev–Trinajstić information content (AvgIpc) is 3.21. The molecule has 4 aromatic rings. The third kappa shape index (κ3) is 4.80. The highest BCUT2D eigenvalue weighted by molar-refractivity contribution is 5.67.